The van der Waals surface area contributed by atoms with Gasteiger partial charge in [-0.3, -0.25) is 42.2 Å². The van der Waals surface area contributed by atoms with Crippen LogP contribution in [-0.2, 0) is 63.1 Å². The van der Waals surface area contributed by atoms with Gasteiger partial charge in [-0.1, -0.05) is 91.0 Å². The van der Waals surface area contributed by atoms with Crippen LogP contribution >= 0.6 is 68.3 Å². The van der Waals surface area contributed by atoms with Gasteiger partial charge in [-0.2, -0.15) is 4.99 Å². The topological polar surface area (TPSA) is 464 Å². The van der Waals surface area contributed by atoms with Gasteiger partial charge >= 0.3 is 64.6 Å². The van der Waals surface area contributed by atoms with Crippen LogP contribution in [0.3, 0.4) is 0 Å². The molecule has 0 aliphatic carbocycles. The van der Waals surface area contributed by atoms with E-state index >= 15 is 0 Å². The summed E-state index contributed by atoms with van der Waals surface area (Å²) in [5.74, 6) is 3.45. The summed E-state index contributed by atoms with van der Waals surface area (Å²) >= 11 is 12.1. The quantitative estimate of drug-likeness (QED) is 0.0109. The number of aliphatic imine (C=N–C) groups is 1. The van der Waals surface area contributed by atoms with Gasteiger partial charge in [-0.15, -0.1) is 68.3 Å². The number of aromatic amines is 2. The van der Waals surface area contributed by atoms with Gasteiger partial charge in [0.2, 0.25) is 17.9 Å². The number of thiophene rings is 5. The molecular formula is C97H82ClN12NaO23S5. The first-order valence-corrected chi connectivity index (χ1v) is 45.8. The normalized spacial score (nSPS) is 10.6. The van der Waals surface area contributed by atoms with Gasteiger partial charge in [0, 0.05) is 62.6 Å². The summed E-state index contributed by atoms with van der Waals surface area (Å²) in [6.45, 7) is 0.466. The Morgan fingerprint density at radius 2 is 0.835 bits per heavy atom. The Kier molecular flexibility index (Phi) is 34.6. The van der Waals surface area contributed by atoms with Crippen LogP contribution in [0.1, 0.15) is 49.6 Å². The fourth-order valence-corrected chi connectivity index (χ4v) is 19.4. The zero-order valence-corrected chi connectivity index (χ0v) is 81.6. The Hall–Kier alpha value is -15.6. The number of anilines is 4. The average molecular weight is 2000 g/mol. The number of carbonyl (C=O) groups is 5. The molecule has 0 spiro atoms. The fraction of sp³-hybridized carbons (Fsp3) is 0.134. The van der Waals surface area contributed by atoms with E-state index in [1.54, 1.807) is 104 Å². The number of nitrogens with one attached hydrogen (secondary N) is 6. The Balaban J connectivity index is 0.000000151. The second-order valence-corrected chi connectivity index (χ2v) is 34.4. The number of rotatable bonds is 22. The molecule has 35 nitrogen and oxygen atoms in total. The third-order valence-electron chi connectivity index (χ3n) is 20.3. The third-order valence-corrected chi connectivity index (χ3v) is 26.4. The molecule has 139 heavy (non-hydrogen) atoms. The maximum absolute atomic E-state index is 13.5. The molecule has 706 valence electrons. The molecular weight excluding hydrogens is 1920 g/mol. The third kappa shape index (κ3) is 24.1. The van der Waals surface area contributed by atoms with Crippen molar-refractivity contribution in [3.8, 4) is 23.0 Å². The molecule has 20 rings (SSSR count). The average Bonchev–Trinajstić information content (AvgIpc) is 1.58. The molecule has 20 aromatic rings. The van der Waals surface area contributed by atoms with E-state index in [-0.39, 0.29) is 99.1 Å². The van der Waals surface area contributed by atoms with E-state index in [4.69, 9.17) is 63.1 Å². The van der Waals surface area contributed by atoms with E-state index in [1.807, 2.05) is 121 Å². The van der Waals surface area contributed by atoms with Crippen molar-refractivity contribution in [2.45, 2.75) is 39.3 Å². The number of hydrogen-bond acceptors (Lipinski definition) is 30. The number of amides is 4. The van der Waals surface area contributed by atoms with E-state index in [0.29, 0.717) is 115 Å². The first-order valence-electron chi connectivity index (χ1n) is 41.2. The zero-order valence-electron chi connectivity index (χ0n) is 75.7. The summed E-state index contributed by atoms with van der Waals surface area (Å²) in [6, 6.07) is 64.8. The van der Waals surface area contributed by atoms with Gasteiger partial charge in [0.15, 0.2) is 0 Å². The van der Waals surface area contributed by atoms with Gasteiger partial charge in [0.05, 0.1) is 139 Å². The summed E-state index contributed by atoms with van der Waals surface area (Å²) < 4.78 is 66.9. The van der Waals surface area contributed by atoms with E-state index in [2.05, 4.69) is 41.0 Å². The molecule has 42 heteroatoms. The summed E-state index contributed by atoms with van der Waals surface area (Å²) in [6.07, 6.45) is 9.02. The van der Waals surface area contributed by atoms with Crippen molar-refractivity contribution in [3.05, 3.63) is 351 Å². The molecule has 13 heterocycles. The van der Waals surface area contributed by atoms with E-state index in [9.17, 15) is 57.5 Å². The minimum Gasteiger partial charge on any atom is -1.00 e. The number of furan rings is 5. The minimum absolute atomic E-state index is 0. The van der Waals surface area contributed by atoms with E-state index in [0.717, 1.165) is 64.1 Å². The van der Waals surface area contributed by atoms with Gasteiger partial charge in [-0.05, 0) is 115 Å². The van der Waals surface area contributed by atoms with Crippen LogP contribution in [0.2, 0.25) is 0 Å². The van der Waals surface area contributed by atoms with Crippen LogP contribution in [0.4, 0.5) is 27.5 Å². The van der Waals surface area contributed by atoms with Gasteiger partial charge in [0.25, 0.3) is 16.7 Å². The molecule has 0 saturated carbocycles. The van der Waals surface area contributed by atoms with Crippen LogP contribution in [0, 0.1) is 0 Å². The monoisotopic (exact) mass is 2000 g/mol. The number of carbonyl (C=O) groups excluding carboxylic acids is 6. The second kappa shape index (κ2) is 47.7. The maximum atomic E-state index is 13.5. The zero-order chi connectivity index (χ0) is 97.5. The molecule has 0 radical (unpaired) electrons. The number of ether oxygens (including phenoxy) is 6. The van der Waals surface area contributed by atoms with Crippen LogP contribution in [-0.4, -0.2) is 113 Å². The Labute approximate surface area is 833 Å². The van der Waals surface area contributed by atoms with Crippen molar-refractivity contribution >= 4 is 208 Å². The molecule has 0 unspecified atom stereocenters. The fourth-order valence-electron chi connectivity index (χ4n) is 13.9. The number of esters is 2. The van der Waals surface area contributed by atoms with Gasteiger partial charge < -0.3 is 88.9 Å². The largest absolute Gasteiger partial charge is 1.00 e. The first-order chi connectivity index (χ1) is 67.0. The molecule has 0 bridgehead atoms. The first kappa shape index (κ1) is 101. The number of aromatic nitrogens is 6. The SMILES string of the molecule is COC(=O)c1sc2ccccc2c1N.COC(=O)c1sc2ccccc2c1NC(=O)NCc1ccco1.COc1ccc(NC(=O)CCl)c(OC)c1.COc1ccc(NC(=O)Cn2c(=O)n(Cc3ccco3)c(=O)c3sc4ccccc4c32)c(OC)c1.O=C=NCc1ccco1.O=c1[nH]c2c(sc3ccccc32)c(=O)n1Cc1ccco1.O=c1[nH]c2c(sc3ccccc32)c(=O)n1Cc1ccco1.[H-].[Na+]. The standard InChI is InChI=1S/C25H21N3O6S.C16H14N2O4S.2C15H10N2O3S.C10H12ClNO3.C10H9NO2S.C6H5NO2.Na.H/c1-32-15-9-10-18(19(12-15)33-2)26-21(29)14-27-22-17-7-3-4-8-20(17)35-23(22)24(30)28(25(27)31)13-16-6-5-11-34-16;1-21-15(19)14-13(11-6-2-3-7-12(11)23-14)18-16(20)17-9-10-5-4-8-22-10;2*18-14-13-12(10-5-1-2-6-11(10)21-13)16-15(19)17(14)8-9-4-3-7-20-9;1-14-7-3-4-8(9(5-7)15-2)12-10(13)6-11;1-13-10(12)9-8(11)6-4-2-3-5-7(6)14-9;8-5-7-4-6-2-1-3-9-6;;/h3-12H,13-14H2,1-2H3,(H,26,29);2-8H,9H2,1H3,(H2,17,18,20);2*1-7H,8H2,(H,16,19);3-5H,6H2,1-2H3,(H,12,13);2-5H,11H2,1H3;1-3H,4H2;;/q;;;;;;;+1;-1. The molecule has 0 aliphatic rings. The molecule has 4 amide bonds. The molecule has 13 aromatic heterocycles. The summed E-state index contributed by atoms with van der Waals surface area (Å²) in [7, 11) is 8.77. The Bertz CT molecular complexity index is 8020. The predicted molar refractivity (Wildman–Crippen MR) is 534 cm³/mol. The molecule has 8 N–H and O–H groups in total. The van der Waals surface area contributed by atoms with Crippen LogP contribution < -0.4 is 109 Å². The smallest absolute Gasteiger partial charge is 1.00 e. The summed E-state index contributed by atoms with van der Waals surface area (Å²) in [5.41, 5.74) is 7.02. The van der Waals surface area contributed by atoms with Gasteiger partial charge in [-0.25, -0.2) is 33.6 Å². The van der Waals surface area contributed by atoms with Crippen LogP contribution in [0.5, 0.6) is 23.0 Å². The van der Waals surface area contributed by atoms with E-state index in [1.165, 1.54) is 134 Å². The van der Waals surface area contributed by atoms with Crippen molar-refractivity contribution in [2.75, 3.05) is 70.2 Å². The van der Waals surface area contributed by atoms with Crippen molar-refractivity contribution < 1.29 is 110 Å². The summed E-state index contributed by atoms with van der Waals surface area (Å²) in [4.78, 5) is 155. The molecule has 0 aliphatic heterocycles. The number of isocyanates is 1. The van der Waals surface area contributed by atoms with Crippen molar-refractivity contribution in [2.24, 2.45) is 4.99 Å². The van der Waals surface area contributed by atoms with Crippen molar-refractivity contribution in [1.82, 2.24) is 33.6 Å². The number of urea groups is 1. The number of H-pyrrole nitrogens is 2. The maximum Gasteiger partial charge on any atom is 1.00 e. The number of benzene rings is 7. The number of nitrogen functional groups attached to an aromatic ring is 1. The number of halogens is 1. The Morgan fingerprint density at radius 3 is 1.28 bits per heavy atom. The number of alkyl halides is 1. The number of nitrogens with two attached hydrogens (primary N) is 1. The number of hydrogen-bond donors (Lipinski definition) is 7. The molecule has 0 saturated heterocycles. The van der Waals surface area contributed by atoms with Gasteiger partial charge in [0.1, 0.15) is 94.6 Å². The molecule has 7 aromatic carbocycles. The molecule has 0 atom stereocenters. The van der Waals surface area contributed by atoms with Crippen LogP contribution in [0.25, 0.3) is 81.1 Å². The minimum atomic E-state index is -0.598. The van der Waals surface area contributed by atoms with Crippen molar-refractivity contribution in [1.29, 1.82) is 0 Å². The van der Waals surface area contributed by atoms with E-state index < -0.39 is 40.5 Å². The number of fused-ring (bicyclic) bond motifs is 11. The van der Waals surface area contributed by atoms with Crippen molar-refractivity contribution in [3.63, 3.8) is 0 Å². The number of nitrogens with zero attached hydrogens (tertiary/aromatic N) is 5. The predicted octanol–water partition coefficient (Wildman–Crippen LogP) is 14.8. The molecule has 0 fully saturated rings. The number of methoxy groups -OCH3 is 6. The summed E-state index contributed by atoms with van der Waals surface area (Å²) in [5, 5.41) is 15.1. The Morgan fingerprint density at radius 1 is 0.439 bits per heavy atom. The van der Waals surface area contributed by atoms with Crippen LogP contribution in [0.15, 0.2) is 306 Å². The second-order valence-electron chi connectivity index (χ2n) is 28.9.